The van der Waals surface area contributed by atoms with Gasteiger partial charge in [-0.2, -0.15) is 9.99 Å². The van der Waals surface area contributed by atoms with Crippen LogP contribution in [0, 0.1) is 40.7 Å². The minimum absolute atomic E-state index is 0.102. The van der Waals surface area contributed by atoms with E-state index in [-0.39, 0.29) is 5.41 Å². The molecule has 4 heteroatoms. The highest BCUT2D eigenvalue weighted by Crippen LogP contribution is 2.63. The minimum Gasteiger partial charge on any atom is -0.619 e. The Morgan fingerprint density at radius 1 is 1.16 bits per heavy atom. The van der Waals surface area contributed by atoms with Crippen LogP contribution in [0.25, 0.3) is 0 Å². The Bertz CT molecular complexity index is 1040. The van der Waals surface area contributed by atoms with Crippen LogP contribution in [-0.2, 0) is 12.8 Å². The topological polar surface area (TPSA) is 71.0 Å². The van der Waals surface area contributed by atoms with Crippen LogP contribution in [0.5, 0.6) is 0 Å². The zero-order valence-corrected chi connectivity index (χ0v) is 18.6. The SMILES string of the molecule is Cc1c(C#N)ccc2c1CCC1C2CC[C@@]2(C)C1CCC[C@@]2(O)Cc1cc[n+]([O-])cc1. The summed E-state index contributed by atoms with van der Waals surface area (Å²) in [5.41, 5.74) is 5.08. The molecule has 1 N–H and O–H groups in total. The first kappa shape index (κ1) is 20.5. The van der Waals surface area contributed by atoms with E-state index < -0.39 is 5.60 Å². The minimum atomic E-state index is -0.725. The molecule has 2 aromatic rings. The molecule has 2 saturated carbocycles. The molecule has 0 radical (unpaired) electrons. The van der Waals surface area contributed by atoms with Crippen LogP contribution in [-0.4, -0.2) is 10.7 Å². The average Bonchev–Trinajstić information content (AvgIpc) is 2.76. The van der Waals surface area contributed by atoms with Gasteiger partial charge >= 0.3 is 0 Å². The lowest BCUT2D eigenvalue weighted by molar-refractivity contribution is -0.605. The Morgan fingerprint density at radius 2 is 1.94 bits per heavy atom. The first-order valence-corrected chi connectivity index (χ1v) is 11.8. The Labute approximate surface area is 185 Å². The number of aromatic nitrogens is 1. The molecule has 5 rings (SSSR count). The zero-order chi connectivity index (χ0) is 21.8. The number of hydrogen-bond acceptors (Lipinski definition) is 3. The molecule has 31 heavy (non-hydrogen) atoms. The Hall–Kier alpha value is -2.38. The van der Waals surface area contributed by atoms with Crippen LogP contribution in [0.3, 0.4) is 0 Å². The van der Waals surface area contributed by atoms with Crippen molar-refractivity contribution in [1.29, 1.82) is 5.26 Å². The second-order valence-electron chi connectivity index (χ2n) is 10.5. The van der Waals surface area contributed by atoms with Crippen molar-refractivity contribution < 1.29 is 9.84 Å². The molecule has 0 spiro atoms. The van der Waals surface area contributed by atoms with Crippen molar-refractivity contribution in [2.75, 3.05) is 0 Å². The molecule has 1 heterocycles. The van der Waals surface area contributed by atoms with E-state index in [4.69, 9.17) is 0 Å². The van der Waals surface area contributed by atoms with Gasteiger partial charge in [-0.05, 0) is 96.9 Å². The van der Waals surface area contributed by atoms with Gasteiger partial charge in [0.2, 0.25) is 0 Å². The maximum atomic E-state index is 12.0. The summed E-state index contributed by atoms with van der Waals surface area (Å²) in [4.78, 5) is 0. The Morgan fingerprint density at radius 3 is 2.68 bits per heavy atom. The largest absolute Gasteiger partial charge is 0.619 e. The number of pyridine rings is 1. The molecule has 1 aromatic heterocycles. The zero-order valence-electron chi connectivity index (χ0n) is 18.6. The molecule has 4 nitrogen and oxygen atoms in total. The number of nitriles is 1. The summed E-state index contributed by atoms with van der Waals surface area (Å²) < 4.78 is 0.809. The first-order chi connectivity index (χ1) is 14.9. The van der Waals surface area contributed by atoms with Gasteiger partial charge in [-0.3, -0.25) is 0 Å². The number of rotatable bonds is 2. The van der Waals surface area contributed by atoms with E-state index in [9.17, 15) is 15.6 Å². The van der Waals surface area contributed by atoms with E-state index in [1.807, 2.05) is 18.2 Å². The van der Waals surface area contributed by atoms with E-state index >= 15 is 0 Å². The molecule has 2 fully saturated rings. The number of fused-ring (bicyclic) bond motifs is 5. The van der Waals surface area contributed by atoms with Gasteiger partial charge in [-0.15, -0.1) is 0 Å². The molecular formula is C27H32N2O2. The highest BCUT2D eigenvalue weighted by molar-refractivity contribution is 5.49. The number of nitrogens with zero attached hydrogens (tertiary/aromatic N) is 2. The van der Waals surface area contributed by atoms with Gasteiger partial charge in [-0.1, -0.05) is 19.4 Å². The third-order valence-electron chi connectivity index (χ3n) is 9.25. The normalized spacial score (nSPS) is 34.2. The van der Waals surface area contributed by atoms with Crippen LogP contribution < -0.4 is 4.73 Å². The lowest BCUT2D eigenvalue weighted by Gasteiger charge is -2.61. The summed E-state index contributed by atoms with van der Waals surface area (Å²) in [6.45, 7) is 4.44. The summed E-state index contributed by atoms with van der Waals surface area (Å²) in [6.07, 6.45) is 11.1. The van der Waals surface area contributed by atoms with Gasteiger partial charge in [0, 0.05) is 18.6 Å². The third-order valence-corrected chi connectivity index (χ3v) is 9.25. The predicted molar refractivity (Wildman–Crippen MR) is 119 cm³/mol. The van der Waals surface area contributed by atoms with Crippen LogP contribution in [0.2, 0.25) is 0 Å². The van der Waals surface area contributed by atoms with Gasteiger partial charge < -0.3 is 10.3 Å². The van der Waals surface area contributed by atoms with Gasteiger partial charge in [0.1, 0.15) is 0 Å². The lowest BCUT2D eigenvalue weighted by Crippen LogP contribution is -2.59. The number of hydrogen-bond donors (Lipinski definition) is 1. The van der Waals surface area contributed by atoms with Crippen molar-refractivity contribution in [2.24, 2.45) is 17.3 Å². The lowest BCUT2D eigenvalue weighted by atomic mass is 9.45. The first-order valence-electron chi connectivity index (χ1n) is 11.8. The van der Waals surface area contributed by atoms with Crippen molar-refractivity contribution in [3.63, 3.8) is 0 Å². The molecule has 0 bridgehead atoms. The number of benzene rings is 1. The quantitative estimate of drug-likeness (QED) is 0.569. The fourth-order valence-corrected chi connectivity index (χ4v) is 7.49. The molecule has 3 aliphatic rings. The molecule has 3 unspecified atom stereocenters. The van der Waals surface area contributed by atoms with Gasteiger partial charge in [0.25, 0.3) is 0 Å². The van der Waals surface area contributed by atoms with Crippen LogP contribution in [0.1, 0.15) is 79.2 Å². The molecule has 1 aromatic carbocycles. The fourth-order valence-electron chi connectivity index (χ4n) is 7.49. The molecule has 0 aliphatic heterocycles. The highest BCUT2D eigenvalue weighted by Gasteiger charge is 2.59. The van der Waals surface area contributed by atoms with Crippen molar-refractivity contribution in [1.82, 2.24) is 0 Å². The van der Waals surface area contributed by atoms with Crippen LogP contribution in [0.4, 0.5) is 0 Å². The van der Waals surface area contributed by atoms with Crippen molar-refractivity contribution in [3.8, 4) is 6.07 Å². The molecule has 5 atom stereocenters. The van der Waals surface area contributed by atoms with Gasteiger partial charge in [0.05, 0.1) is 17.2 Å². The predicted octanol–water partition coefficient (Wildman–Crippen LogP) is 4.72. The number of aliphatic hydroxyl groups is 1. The standard InChI is InChI=1S/C27H32N2O2/c1-18-20(17-28)5-6-22-21(18)7-8-24-23(22)9-13-26(2)25(24)4-3-12-27(26,30)16-19-10-14-29(31)15-11-19/h5-6,10-11,14-15,23-25,30H,3-4,7-9,12-13,16H2,1-2H3/t23?,24?,25?,26-,27+/m0/s1. The Balaban J connectivity index is 1.47. The van der Waals surface area contributed by atoms with Gasteiger partial charge in [0.15, 0.2) is 12.4 Å². The summed E-state index contributed by atoms with van der Waals surface area (Å²) in [5.74, 6) is 1.67. The molecule has 0 saturated heterocycles. The van der Waals surface area contributed by atoms with Gasteiger partial charge in [-0.25, -0.2) is 0 Å². The van der Waals surface area contributed by atoms with E-state index in [1.54, 1.807) is 0 Å². The highest BCUT2D eigenvalue weighted by atomic mass is 16.5. The summed E-state index contributed by atoms with van der Waals surface area (Å²) >= 11 is 0. The molecule has 162 valence electrons. The second-order valence-corrected chi connectivity index (χ2v) is 10.5. The van der Waals surface area contributed by atoms with Crippen LogP contribution >= 0.6 is 0 Å². The fraction of sp³-hybridized carbons (Fsp3) is 0.556. The molecule has 0 amide bonds. The van der Waals surface area contributed by atoms with Crippen molar-refractivity contribution >= 4 is 0 Å². The van der Waals surface area contributed by atoms with Crippen molar-refractivity contribution in [3.05, 3.63) is 69.7 Å². The van der Waals surface area contributed by atoms with E-state index in [0.717, 1.165) is 54.4 Å². The van der Waals surface area contributed by atoms with E-state index in [1.165, 1.54) is 35.5 Å². The molecular weight excluding hydrogens is 384 g/mol. The monoisotopic (exact) mass is 416 g/mol. The smallest absolute Gasteiger partial charge is 0.180 e. The summed E-state index contributed by atoms with van der Waals surface area (Å²) in [7, 11) is 0. The third kappa shape index (κ3) is 3.09. The Kier molecular flexibility index (Phi) is 4.86. The van der Waals surface area contributed by atoms with E-state index in [2.05, 4.69) is 26.0 Å². The summed E-state index contributed by atoms with van der Waals surface area (Å²) in [5, 5.41) is 32.9. The van der Waals surface area contributed by atoms with Crippen molar-refractivity contribution in [2.45, 2.75) is 76.7 Å². The summed E-state index contributed by atoms with van der Waals surface area (Å²) in [6, 6.07) is 10.3. The molecule has 3 aliphatic carbocycles. The second kappa shape index (κ2) is 7.35. The van der Waals surface area contributed by atoms with Crippen LogP contribution in [0.15, 0.2) is 36.7 Å². The maximum absolute atomic E-state index is 12.0. The maximum Gasteiger partial charge on any atom is 0.180 e. The van der Waals surface area contributed by atoms with E-state index in [0.29, 0.717) is 24.2 Å². The average molecular weight is 417 g/mol.